The lowest BCUT2D eigenvalue weighted by Gasteiger charge is -2.21. The summed E-state index contributed by atoms with van der Waals surface area (Å²) >= 11 is 6.16. The predicted octanol–water partition coefficient (Wildman–Crippen LogP) is 3.01. The molecule has 0 spiro atoms. The molecule has 0 radical (unpaired) electrons. The van der Waals surface area contributed by atoms with Crippen LogP contribution < -0.4 is 0 Å². The molecule has 1 aliphatic rings. The van der Waals surface area contributed by atoms with Gasteiger partial charge in [-0.15, -0.1) is 0 Å². The molecule has 1 atom stereocenters. The lowest BCUT2D eigenvalue weighted by molar-refractivity contribution is 0.265. The summed E-state index contributed by atoms with van der Waals surface area (Å²) in [4.78, 5) is 7.20. The fourth-order valence-corrected chi connectivity index (χ4v) is 3.12. The third kappa shape index (κ3) is 2.13. The third-order valence-electron chi connectivity index (χ3n) is 3.84. The zero-order valence-corrected chi connectivity index (χ0v) is 11.4. The van der Waals surface area contributed by atoms with Gasteiger partial charge in [0.15, 0.2) is 0 Å². The molecule has 0 saturated carbocycles. The molecule has 1 aliphatic heterocycles. The van der Waals surface area contributed by atoms with Crippen molar-refractivity contribution in [3.05, 3.63) is 35.2 Å². The SMILES string of the molecule is CCN1CCCC1Cc1cn2c(Cl)cccc2n1. The number of hydrogen-bond acceptors (Lipinski definition) is 2. The van der Waals surface area contributed by atoms with E-state index < -0.39 is 0 Å². The van der Waals surface area contributed by atoms with Crippen LogP contribution >= 0.6 is 11.6 Å². The number of fused-ring (bicyclic) bond motifs is 1. The predicted molar refractivity (Wildman–Crippen MR) is 74.2 cm³/mol. The van der Waals surface area contributed by atoms with Gasteiger partial charge in [-0.05, 0) is 38.1 Å². The van der Waals surface area contributed by atoms with Crippen molar-refractivity contribution in [2.75, 3.05) is 13.1 Å². The van der Waals surface area contributed by atoms with Crippen molar-refractivity contribution in [3.63, 3.8) is 0 Å². The summed E-state index contributed by atoms with van der Waals surface area (Å²) in [7, 11) is 0. The standard InChI is InChI=1S/C14H18ClN3/c1-2-17-8-4-5-12(17)9-11-10-18-13(15)6-3-7-14(18)16-11/h3,6-7,10,12H,2,4-5,8-9H2,1H3. The minimum Gasteiger partial charge on any atom is -0.300 e. The number of halogens is 1. The highest BCUT2D eigenvalue weighted by Gasteiger charge is 2.23. The van der Waals surface area contributed by atoms with Crippen LogP contribution in [0.15, 0.2) is 24.4 Å². The maximum atomic E-state index is 6.16. The Hall–Kier alpha value is -1.06. The smallest absolute Gasteiger partial charge is 0.138 e. The van der Waals surface area contributed by atoms with Gasteiger partial charge in [0.05, 0.1) is 5.69 Å². The molecule has 2 aromatic rings. The second kappa shape index (κ2) is 4.90. The average Bonchev–Trinajstić information content (AvgIpc) is 2.96. The summed E-state index contributed by atoms with van der Waals surface area (Å²) in [6.07, 6.45) is 5.71. The number of aromatic nitrogens is 2. The van der Waals surface area contributed by atoms with Gasteiger partial charge in [-0.25, -0.2) is 4.98 Å². The van der Waals surface area contributed by atoms with Gasteiger partial charge in [0, 0.05) is 18.7 Å². The Kier molecular flexibility index (Phi) is 3.27. The van der Waals surface area contributed by atoms with Crippen molar-refractivity contribution in [2.24, 2.45) is 0 Å². The first-order chi connectivity index (χ1) is 8.78. The van der Waals surface area contributed by atoms with Gasteiger partial charge in [0.25, 0.3) is 0 Å². The molecule has 0 amide bonds. The van der Waals surface area contributed by atoms with E-state index in [1.54, 1.807) is 0 Å². The number of nitrogens with zero attached hydrogens (tertiary/aromatic N) is 3. The van der Waals surface area contributed by atoms with Gasteiger partial charge < -0.3 is 4.90 Å². The van der Waals surface area contributed by atoms with Crippen LogP contribution in [0.4, 0.5) is 0 Å². The Balaban J connectivity index is 1.84. The highest BCUT2D eigenvalue weighted by atomic mass is 35.5. The number of hydrogen-bond donors (Lipinski definition) is 0. The molecule has 3 nitrogen and oxygen atoms in total. The fraction of sp³-hybridized carbons (Fsp3) is 0.500. The molecule has 0 bridgehead atoms. The van der Waals surface area contributed by atoms with E-state index in [1.807, 2.05) is 22.6 Å². The van der Waals surface area contributed by atoms with Crippen molar-refractivity contribution >= 4 is 17.2 Å². The number of likely N-dealkylation sites (tertiary alicyclic amines) is 1. The van der Waals surface area contributed by atoms with Gasteiger partial charge in [0.1, 0.15) is 10.8 Å². The molecule has 3 rings (SSSR count). The molecule has 0 N–H and O–H groups in total. The van der Waals surface area contributed by atoms with E-state index in [4.69, 9.17) is 11.6 Å². The third-order valence-corrected chi connectivity index (χ3v) is 4.15. The van der Waals surface area contributed by atoms with E-state index in [0.717, 1.165) is 29.5 Å². The molecule has 18 heavy (non-hydrogen) atoms. The topological polar surface area (TPSA) is 20.5 Å². The first-order valence-electron chi connectivity index (χ1n) is 6.64. The summed E-state index contributed by atoms with van der Waals surface area (Å²) in [6.45, 7) is 4.60. The minimum absolute atomic E-state index is 0.652. The maximum absolute atomic E-state index is 6.16. The van der Waals surface area contributed by atoms with Crippen LogP contribution in [-0.2, 0) is 6.42 Å². The van der Waals surface area contributed by atoms with Gasteiger partial charge in [0.2, 0.25) is 0 Å². The Morgan fingerprint density at radius 3 is 3.11 bits per heavy atom. The van der Waals surface area contributed by atoms with Gasteiger partial charge in [-0.2, -0.15) is 0 Å². The summed E-state index contributed by atoms with van der Waals surface area (Å²) < 4.78 is 1.96. The minimum atomic E-state index is 0.652. The maximum Gasteiger partial charge on any atom is 0.138 e. The normalized spacial score (nSPS) is 20.9. The van der Waals surface area contributed by atoms with Gasteiger partial charge in [-0.1, -0.05) is 24.6 Å². The van der Waals surface area contributed by atoms with Gasteiger partial charge >= 0.3 is 0 Å². The highest BCUT2D eigenvalue weighted by molar-refractivity contribution is 6.29. The van der Waals surface area contributed by atoms with E-state index in [9.17, 15) is 0 Å². The molecule has 1 saturated heterocycles. The Morgan fingerprint density at radius 1 is 1.44 bits per heavy atom. The van der Waals surface area contributed by atoms with Crippen molar-refractivity contribution in [3.8, 4) is 0 Å². The number of pyridine rings is 1. The van der Waals surface area contributed by atoms with E-state index in [1.165, 1.54) is 19.4 Å². The summed E-state index contributed by atoms with van der Waals surface area (Å²) in [5, 5.41) is 0.727. The van der Waals surface area contributed by atoms with Crippen molar-refractivity contribution in [1.82, 2.24) is 14.3 Å². The monoisotopic (exact) mass is 263 g/mol. The first-order valence-corrected chi connectivity index (χ1v) is 7.02. The summed E-state index contributed by atoms with van der Waals surface area (Å²) in [5.74, 6) is 0. The number of rotatable bonds is 3. The molecule has 0 aliphatic carbocycles. The molecule has 1 fully saturated rings. The van der Waals surface area contributed by atoms with Crippen LogP contribution in [0, 0.1) is 0 Å². The molecular weight excluding hydrogens is 246 g/mol. The molecular formula is C14H18ClN3. The fourth-order valence-electron chi connectivity index (χ4n) is 2.91. The number of imidazole rings is 1. The van der Waals surface area contributed by atoms with Crippen molar-refractivity contribution in [2.45, 2.75) is 32.2 Å². The zero-order chi connectivity index (χ0) is 12.5. The number of likely N-dealkylation sites (N-methyl/N-ethyl adjacent to an activating group) is 1. The molecule has 2 aromatic heterocycles. The second-order valence-corrected chi connectivity index (χ2v) is 5.32. The van der Waals surface area contributed by atoms with E-state index >= 15 is 0 Å². The van der Waals surface area contributed by atoms with Crippen LogP contribution in [0.3, 0.4) is 0 Å². The molecule has 96 valence electrons. The molecule has 1 unspecified atom stereocenters. The molecule has 3 heterocycles. The van der Waals surface area contributed by atoms with Crippen LogP contribution in [0.1, 0.15) is 25.5 Å². The quantitative estimate of drug-likeness (QED) is 0.794. The molecule has 0 aromatic carbocycles. The lowest BCUT2D eigenvalue weighted by atomic mass is 10.1. The zero-order valence-electron chi connectivity index (χ0n) is 10.6. The van der Waals surface area contributed by atoms with E-state index in [-0.39, 0.29) is 0 Å². The highest BCUT2D eigenvalue weighted by Crippen LogP contribution is 2.21. The van der Waals surface area contributed by atoms with Crippen LogP contribution in [-0.4, -0.2) is 33.4 Å². The largest absolute Gasteiger partial charge is 0.300 e. The van der Waals surface area contributed by atoms with Crippen molar-refractivity contribution < 1.29 is 0 Å². The van der Waals surface area contributed by atoms with E-state index in [2.05, 4.69) is 23.0 Å². The van der Waals surface area contributed by atoms with Crippen molar-refractivity contribution in [1.29, 1.82) is 0 Å². The Bertz CT molecular complexity index is 549. The van der Waals surface area contributed by atoms with Gasteiger partial charge in [-0.3, -0.25) is 4.40 Å². The Labute approximate surface area is 112 Å². The summed E-state index contributed by atoms with van der Waals surface area (Å²) in [6, 6.07) is 6.50. The second-order valence-electron chi connectivity index (χ2n) is 4.94. The van der Waals surface area contributed by atoms with E-state index in [0.29, 0.717) is 6.04 Å². The van der Waals surface area contributed by atoms with Crippen LogP contribution in [0.5, 0.6) is 0 Å². The Morgan fingerprint density at radius 2 is 2.33 bits per heavy atom. The first kappa shape index (κ1) is 12.0. The van der Waals surface area contributed by atoms with Crippen LogP contribution in [0.25, 0.3) is 5.65 Å². The lowest BCUT2D eigenvalue weighted by Crippen LogP contribution is -2.30. The summed E-state index contributed by atoms with van der Waals surface area (Å²) in [5.41, 5.74) is 2.09. The molecule has 4 heteroatoms. The van der Waals surface area contributed by atoms with Crippen LogP contribution in [0.2, 0.25) is 5.15 Å². The average molecular weight is 264 g/mol.